The molecule has 25 heavy (non-hydrogen) atoms. The molecule has 1 N–H and O–H groups in total. The van der Waals surface area contributed by atoms with Gasteiger partial charge in [-0.25, -0.2) is 14.1 Å². The van der Waals surface area contributed by atoms with Gasteiger partial charge in [0.1, 0.15) is 36.9 Å². The zero-order chi connectivity index (χ0) is 17.1. The fraction of sp³-hybridized carbons (Fsp3) is 0.222. The lowest BCUT2D eigenvalue weighted by atomic mass is 10.2. The van der Waals surface area contributed by atoms with Crippen LogP contribution in [0.15, 0.2) is 55.1 Å². The summed E-state index contributed by atoms with van der Waals surface area (Å²) in [4.78, 5) is 3.83. The van der Waals surface area contributed by atoms with Gasteiger partial charge in [0.25, 0.3) is 0 Å². The number of fused-ring (bicyclic) bond motifs is 1. The molecule has 2 aromatic carbocycles. The number of nitrogens with one attached hydrogen (secondary N) is 1. The van der Waals surface area contributed by atoms with Crippen LogP contribution < -0.4 is 14.8 Å². The second kappa shape index (κ2) is 6.90. The predicted molar refractivity (Wildman–Crippen MR) is 89.4 cm³/mol. The topological polar surface area (TPSA) is 61.2 Å². The fourth-order valence-electron chi connectivity index (χ4n) is 2.72. The molecule has 1 aliphatic heterocycles. The van der Waals surface area contributed by atoms with Crippen LogP contribution in [-0.2, 0) is 6.54 Å². The molecule has 3 aromatic rings. The van der Waals surface area contributed by atoms with Crippen molar-refractivity contribution in [3.8, 4) is 17.2 Å². The van der Waals surface area contributed by atoms with Crippen molar-refractivity contribution in [3.05, 3.63) is 66.5 Å². The summed E-state index contributed by atoms with van der Waals surface area (Å²) in [5.74, 6) is 1.18. The summed E-state index contributed by atoms with van der Waals surface area (Å²) in [6.45, 7) is 1.64. The molecule has 1 aliphatic rings. The Morgan fingerprint density at radius 3 is 2.88 bits per heavy atom. The van der Waals surface area contributed by atoms with E-state index >= 15 is 0 Å². The zero-order valence-electron chi connectivity index (χ0n) is 13.4. The number of para-hydroxylation sites is 2. The molecular weight excluding hydrogens is 323 g/mol. The highest BCUT2D eigenvalue weighted by atomic mass is 19.1. The van der Waals surface area contributed by atoms with E-state index < -0.39 is 0 Å². The largest absolute Gasteiger partial charge is 0.486 e. The maximum atomic E-state index is 14.2. The second-order valence-corrected chi connectivity index (χ2v) is 5.75. The third-order valence-corrected chi connectivity index (χ3v) is 3.95. The monoisotopic (exact) mass is 340 g/mol. The third kappa shape index (κ3) is 3.46. The predicted octanol–water partition coefficient (Wildman–Crippen LogP) is 2.34. The number of aromatic nitrogens is 3. The van der Waals surface area contributed by atoms with Gasteiger partial charge in [-0.1, -0.05) is 18.2 Å². The van der Waals surface area contributed by atoms with Crippen molar-refractivity contribution in [3.63, 3.8) is 0 Å². The minimum atomic E-state index is -0.337. The van der Waals surface area contributed by atoms with E-state index in [4.69, 9.17) is 9.47 Å². The van der Waals surface area contributed by atoms with Crippen LogP contribution in [-0.4, -0.2) is 34.0 Å². The van der Waals surface area contributed by atoms with E-state index in [0.29, 0.717) is 25.4 Å². The van der Waals surface area contributed by atoms with Crippen LogP contribution in [0.2, 0.25) is 0 Å². The van der Waals surface area contributed by atoms with Crippen LogP contribution in [0.3, 0.4) is 0 Å². The Balaban J connectivity index is 1.33. The zero-order valence-corrected chi connectivity index (χ0v) is 13.4. The average Bonchev–Trinajstić information content (AvgIpc) is 3.16. The van der Waals surface area contributed by atoms with E-state index in [9.17, 15) is 4.39 Å². The molecule has 4 rings (SSSR count). The summed E-state index contributed by atoms with van der Waals surface area (Å²) in [7, 11) is 0. The molecule has 0 saturated carbocycles. The molecule has 0 radical (unpaired) electrons. The van der Waals surface area contributed by atoms with E-state index in [0.717, 1.165) is 17.1 Å². The summed E-state index contributed by atoms with van der Waals surface area (Å²) in [6.07, 6.45) is 2.77. The first-order valence-corrected chi connectivity index (χ1v) is 8.02. The molecule has 0 bridgehead atoms. The van der Waals surface area contributed by atoms with Crippen molar-refractivity contribution in [1.29, 1.82) is 0 Å². The van der Waals surface area contributed by atoms with Crippen molar-refractivity contribution in [1.82, 2.24) is 20.1 Å². The number of ether oxygens (including phenoxy) is 2. The Kier molecular flexibility index (Phi) is 4.30. The lowest BCUT2D eigenvalue weighted by molar-refractivity contribution is 0.0902. The van der Waals surface area contributed by atoms with Crippen LogP contribution in [0.4, 0.5) is 4.39 Å². The molecule has 1 atom stereocenters. The lowest BCUT2D eigenvalue weighted by Gasteiger charge is -2.26. The molecule has 0 fully saturated rings. The van der Waals surface area contributed by atoms with Crippen LogP contribution in [0.1, 0.15) is 5.56 Å². The maximum Gasteiger partial charge on any atom is 0.161 e. The van der Waals surface area contributed by atoms with Crippen LogP contribution >= 0.6 is 0 Å². The van der Waals surface area contributed by atoms with Crippen LogP contribution in [0.25, 0.3) is 5.69 Å². The standard InChI is InChI=1S/C18H17FN4O2/c19-15-7-13(5-6-16(15)23-12-21-11-22-23)8-20-9-14-10-24-17-3-1-2-4-18(17)25-14/h1-7,11-12,14,20H,8-10H2/t14-/m1/s1. The van der Waals surface area contributed by atoms with Gasteiger partial charge in [0.2, 0.25) is 0 Å². The minimum Gasteiger partial charge on any atom is -0.486 e. The summed E-state index contributed by atoms with van der Waals surface area (Å²) in [5, 5.41) is 7.22. The van der Waals surface area contributed by atoms with Gasteiger partial charge in [0.05, 0.1) is 0 Å². The van der Waals surface area contributed by atoms with Gasteiger partial charge < -0.3 is 14.8 Å². The molecule has 6 nitrogen and oxygen atoms in total. The quantitative estimate of drug-likeness (QED) is 0.772. The Labute approximate surface area is 144 Å². The molecule has 0 saturated heterocycles. The fourth-order valence-corrected chi connectivity index (χ4v) is 2.72. The number of halogens is 1. The Morgan fingerprint density at radius 2 is 2.08 bits per heavy atom. The third-order valence-electron chi connectivity index (χ3n) is 3.95. The van der Waals surface area contributed by atoms with Crippen molar-refractivity contribution in [2.24, 2.45) is 0 Å². The van der Waals surface area contributed by atoms with E-state index in [1.807, 2.05) is 30.3 Å². The van der Waals surface area contributed by atoms with Gasteiger partial charge in [0, 0.05) is 13.1 Å². The van der Waals surface area contributed by atoms with E-state index in [-0.39, 0.29) is 11.9 Å². The lowest BCUT2D eigenvalue weighted by Crippen LogP contribution is -2.38. The van der Waals surface area contributed by atoms with Crippen molar-refractivity contribution in [2.45, 2.75) is 12.6 Å². The van der Waals surface area contributed by atoms with Crippen LogP contribution in [0, 0.1) is 5.82 Å². The maximum absolute atomic E-state index is 14.2. The molecule has 0 aliphatic carbocycles. The molecule has 7 heteroatoms. The summed E-state index contributed by atoms with van der Waals surface area (Å²) >= 11 is 0. The number of hydrogen-bond acceptors (Lipinski definition) is 5. The number of rotatable bonds is 5. The van der Waals surface area contributed by atoms with E-state index in [1.165, 1.54) is 23.4 Å². The van der Waals surface area contributed by atoms with Crippen molar-refractivity contribution < 1.29 is 13.9 Å². The summed E-state index contributed by atoms with van der Waals surface area (Å²) in [5.41, 5.74) is 1.22. The van der Waals surface area contributed by atoms with Gasteiger partial charge >= 0.3 is 0 Å². The first kappa shape index (κ1) is 15.6. The molecular formula is C18H17FN4O2. The molecule has 0 spiro atoms. The SMILES string of the molecule is Fc1cc(CNC[C@@H]2COc3ccccc3O2)ccc1-n1cncn1. The van der Waals surface area contributed by atoms with Crippen LogP contribution in [0.5, 0.6) is 11.5 Å². The molecule has 1 aromatic heterocycles. The summed E-state index contributed by atoms with van der Waals surface area (Å²) in [6, 6.07) is 12.7. The Bertz CT molecular complexity index is 854. The van der Waals surface area contributed by atoms with E-state index in [1.54, 1.807) is 6.07 Å². The molecule has 0 unspecified atom stereocenters. The molecule has 0 amide bonds. The van der Waals surface area contributed by atoms with Gasteiger partial charge in [-0.3, -0.25) is 0 Å². The molecule has 2 heterocycles. The first-order valence-electron chi connectivity index (χ1n) is 8.02. The minimum absolute atomic E-state index is 0.0748. The Hall–Kier alpha value is -2.93. The second-order valence-electron chi connectivity index (χ2n) is 5.75. The Morgan fingerprint density at radius 1 is 1.20 bits per heavy atom. The van der Waals surface area contributed by atoms with E-state index in [2.05, 4.69) is 15.4 Å². The van der Waals surface area contributed by atoms with Crippen molar-refractivity contribution in [2.75, 3.05) is 13.2 Å². The smallest absolute Gasteiger partial charge is 0.161 e. The van der Waals surface area contributed by atoms with Gasteiger partial charge in [-0.05, 0) is 29.8 Å². The first-order chi connectivity index (χ1) is 12.3. The van der Waals surface area contributed by atoms with Gasteiger partial charge in [-0.2, -0.15) is 5.10 Å². The number of benzene rings is 2. The highest BCUT2D eigenvalue weighted by Crippen LogP contribution is 2.30. The van der Waals surface area contributed by atoms with Gasteiger partial charge in [-0.15, -0.1) is 0 Å². The van der Waals surface area contributed by atoms with Gasteiger partial charge in [0.15, 0.2) is 11.5 Å². The van der Waals surface area contributed by atoms with Crippen molar-refractivity contribution >= 4 is 0 Å². The average molecular weight is 340 g/mol. The molecule has 128 valence electrons. The number of nitrogens with zero attached hydrogens (tertiary/aromatic N) is 3. The summed E-state index contributed by atoms with van der Waals surface area (Å²) < 4.78 is 27.2. The highest BCUT2D eigenvalue weighted by Gasteiger charge is 2.20. The normalized spacial score (nSPS) is 16.0. The number of hydrogen-bond donors (Lipinski definition) is 1. The highest BCUT2D eigenvalue weighted by molar-refractivity contribution is 5.40.